The van der Waals surface area contributed by atoms with E-state index < -0.39 is 23.8 Å². The third-order valence-electron chi connectivity index (χ3n) is 5.59. The SMILES string of the molecule is CC(C)(OC(CCOCCOCCN)C(N)=O)C(F)CN(Cc1ccccc1)Cc1ccccc1. The van der Waals surface area contributed by atoms with Crippen molar-refractivity contribution in [3.63, 3.8) is 0 Å². The lowest BCUT2D eigenvalue weighted by Gasteiger charge is -2.35. The molecular formula is C27H40FN3O4. The highest BCUT2D eigenvalue weighted by Crippen LogP contribution is 2.24. The zero-order valence-electron chi connectivity index (χ0n) is 20.9. The Hall–Kier alpha value is -2.36. The molecule has 0 aliphatic heterocycles. The standard InChI is InChI=1S/C27H40FN3O4/c1-27(2,35-24(26(30)32)13-15-33-17-18-34-16-14-29)25(28)21-31(19-22-9-5-3-6-10-22)20-23-11-7-4-8-12-23/h3-12,24-25H,13-21,29H2,1-2H3,(H2,30,32). The molecule has 0 saturated carbocycles. The largest absolute Gasteiger partial charge is 0.379 e. The maximum atomic E-state index is 15.6. The van der Waals surface area contributed by atoms with E-state index in [0.717, 1.165) is 11.1 Å². The van der Waals surface area contributed by atoms with Gasteiger partial charge in [0, 0.05) is 39.2 Å². The van der Waals surface area contributed by atoms with E-state index >= 15 is 4.39 Å². The number of carbonyl (C=O) groups is 1. The predicted molar refractivity (Wildman–Crippen MR) is 135 cm³/mol. The quantitative estimate of drug-likeness (QED) is 0.312. The van der Waals surface area contributed by atoms with Gasteiger partial charge >= 0.3 is 0 Å². The average Bonchev–Trinajstić information content (AvgIpc) is 2.83. The van der Waals surface area contributed by atoms with Crippen LogP contribution in [0.15, 0.2) is 60.7 Å². The monoisotopic (exact) mass is 489 g/mol. The average molecular weight is 490 g/mol. The Morgan fingerprint density at radius 3 is 1.91 bits per heavy atom. The first-order valence-electron chi connectivity index (χ1n) is 12.1. The van der Waals surface area contributed by atoms with Crippen molar-refractivity contribution in [2.24, 2.45) is 11.5 Å². The highest BCUT2D eigenvalue weighted by Gasteiger charge is 2.36. The molecule has 1 amide bonds. The second-order valence-corrected chi connectivity index (χ2v) is 9.02. The lowest BCUT2D eigenvalue weighted by atomic mass is 10.0. The Balaban J connectivity index is 1.96. The van der Waals surface area contributed by atoms with Crippen LogP contribution in [0.2, 0.25) is 0 Å². The molecule has 194 valence electrons. The summed E-state index contributed by atoms with van der Waals surface area (Å²) in [6.45, 7) is 6.57. The normalized spacial score (nSPS) is 13.6. The molecule has 0 aliphatic carbocycles. The zero-order chi connectivity index (χ0) is 25.5. The molecule has 0 heterocycles. The number of nitrogens with zero attached hydrogens (tertiary/aromatic N) is 1. The van der Waals surface area contributed by atoms with Crippen LogP contribution in [0.25, 0.3) is 0 Å². The van der Waals surface area contributed by atoms with Gasteiger partial charge in [0.25, 0.3) is 0 Å². The van der Waals surface area contributed by atoms with Crippen molar-refractivity contribution in [2.75, 3.05) is 39.5 Å². The zero-order valence-corrected chi connectivity index (χ0v) is 20.9. The summed E-state index contributed by atoms with van der Waals surface area (Å²) in [7, 11) is 0. The molecule has 2 rings (SSSR count). The second kappa shape index (κ2) is 15.6. The summed E-state index contributed by atoms with van der Waals surface area (Å²) in [5, 5.41) is 0. The molecule has 0 radical (unpaired) electrons. The van der Waals surface area contributed by atoms with Gasteiger partial charge in [-0.1, -0.05) is 60.7 Å². The van der Waals surface area contributed by atoms with Crippen LogP contribution in [-0.2, 0) is 32.1 Å². The fourth-order valence-corrected chi connectivity index (χ4v) is 3.61. The molecule has 0 bridgehead atoms. The summed E-state index contributed by atoms with van der Waals surface area (Å²) < 4.78 is 32.3. The maximum Gasteiger partial charge on any atom is 0.246 e. The lowest BCUT2D eigenvalue weighted by molar-refractivity contribution is -0.154. The molecule has 0 aliphatic rings. The molecule has 2 atom stereocenters. The van der Waals surface area contributed by atoms with E-state index in [-0.39, 0.29) is 19.6 Å². The van der Waals surface area contributed by atoms with Crippen LogP contribution in [0, 0.1) is 0 Å². The summed E-state index contributed by atoms with van der Waals surface area (Å²) in [4.78, 5) is 14.0. The summed E-state index contributed by atoms with van der Waals surface area (Å²) >= 11 is 0. The van der Waals surface area contributed by atoms with Crippen LogP contribution in [0.1, 0.15) is 31.4 Å². The van der Waals surface area contributed by atoms with Crippen LogP contribution in [0.4, 0.5) is 4.39 Å². The molecule has 2 aromatic carbocycles. The van der Waals surface area contributed by atoms with E-state index in [2.05, 4.69) is 0 Å². The van der Waals surface area contributed by atoms with Gasteiger partial charge in [-0.15, -0.1) is 0 Å². The van der Waals surface area contributed by atoms with Crippen LogP contribution < -0.4 is 11.5 Å². The Morgan fingerprint density at radius 2 is 1.43 bits per heavy atom. The van der Waals surface area contributed by atoms with Gasteiger partial charge in [0.2, 0.25) is 5.91 Å². The fourth-order valence-electron chi connectivity index (χ4n) is 3.61. The van der Waals surface area contributed by atoms with Gasteiger partial charge in [0.1, 0.15) is 12.3 Å². The summed E-state index contributed by atoms with van der Waals surface area (Å²) in [5.41, 5.74) is 11.9. The van der Waals surface area contributed by atoms with Crippen LogP contribution >= 0.6 is 0 Å². The molecule has 7 nitrogen and oxygen atoms in total. The molecule has 2 unspecified atom stereocenters. The van der Waals surface area contributed by atoms with E-state index in [0.29, 0.717) is 39.5 Å². The lowest BCUT2D eigenvalue weighted by Crippen LogP contribution is -2.48. The van der Waals surface area contributed by atoms with Gasteiger partial charge in [-0.3, -0.25) is 9.69 Å². The van der Waals surface area contributed by atoms with Gasteiger partial charge in [-0.25, -0.2) is 4.39 Å². The summed E-state index contributed by atoms with van der Waals surface area (Å²) in [5.74, 6) is -0.640. The van der Waals surface area contributed by atoms with Crippen molar-refractivity contribution in [3.8, 4) is 0 Å². The van der Waals surface area contributed by atoms with Crippen LogP contribution in [-0.4, -0.2) is 68.2 Å². The Kier molecular flexibility index (Phi) is 12.9. The highest BCUT2D eigenvalue weighted by molar-refractivity contribution is 5.78. The van der Waals surface area contributed by atoms with Crippen molar-refractivity contribution in [2.45, 2.75) is 51.2 Å². The third-order valence-corrected chi connectivity index (χ3v) is 5.59. The minimum Gasteiger partial charge on any atom is -0.379 e. The number of halogens is 1. The Morgan fingerprint density at radius 1 is 0.914 bits per heavy atom. The summed E-state index contributed by atoms with van der Waals surface area (Å²) in [6.07, 6.45) is -2.08. The first-order chi connectivity index (χ1) is 16.8. The number of rotatable bonds is 18. The topological polar surface area (TPSA) is 100 Å². The van der Waals surface area contributed by atoms with E-state index in [1.165, 1.54) is 0 Å². The van der Waals surface area contributed by atoms with E-state index in [1.807, 2.05) is 65.6 Å². The predicted octanol–water partition coefficient (Wildman–Crippen LogP) is 3.06. The first kappa shape index (κ1) is 28.9. The maximum absolute atomic E-state index is 15.6. The van der Waals surface area contributed by atoms with Gasteiger partial charge in [0.05, 0.1) is 25.4 Å². The van der Waals surface area contributed by atoms with Gasteiger partial charge in [-0.2, -0.15) is 0 Å². The molecule has 35 heavy (non-hydrogen) atoms. The molecule has 2 aromatic rings. The number of alkyl halides is 1. The van der Waals surface area contributed by atoms with Crippen molar-refractivity contribution in [1.29, 1.82) is 0 Å². The minimum absolute atomic E-state index is 0.136. The number of primary amides is 1. The smallest absolute Gasteiger partial charge is 0.246 e. The molecule has 0 saturated heterocycles. The van der Waals surface area contributed by atoms with Gasteiger partial charge < -0.3 is 25.7 Å². The fraction of sp³-hybridized carbons (Fsp3) is 0.519. The minimum atomic E-state index is -1.36. The number of hydrogen-bond acceptors (Lipinski definition) is 6. The van der Waals surface area contributed by atoms with Crippen molar-refractivity contribution < 1.29 is 23.4 Å². The number of hydrogen-bond donors (Lipinski definition) is 2. The van der Waals surface area contributed by atoms with E-state index in [4.69, 9.17) is 25.7 Å². The van der Waals surface area contributed by atoms with Gasteiger partial charge in [-0.05, 0) is 25.0 Å². The molecule has 4 N–H and O–H groups in total. The van der Waals surface area contributed by atoms with Crippen LogP contribution in [0.3, 0.4) is 0 Å². The summed E-state index contributed by atoms with van der Waals surface area (Å²) in [6, 6.07) is 19.9. The molecule has 8 heteroatoms. The van der Waals surface area contributed by atoms with Crippen molar-refractivity contribution in [3.05, 3.63) is 71.8 Å². The molecule has 0 fully saturated rings. The third kappa shape index (κ3) is 11.3. The van der Waals surface area contributed by atoms with Crippen molar-refractivity contribution >= 4 is 5.91 Å². The number of amides is 1. The Bertz CT molecular complexity index is 797. The molecule has 0 aromatic heterocycles. The van der Waals surface area contributed by atoms with E-state index in [9.17, 15) is 4.79 Å². The van der Waals surface area contributed by atoms with E-state index in [1.54, 1.807) is 13.8 Å². The second-order valence-electron chi connectivity index (χ2n) is 9.02. The number of benzene rings is 2. The molecule has 0 spiro atoms. The van der Waals surface area contributed by atoms with Gasteiger partial charge in [0.15, 0.2) is 0 Å². The number of carbonyl (C=O) groups excluding carboxylic acids is 1. The van der Waals surface area contributed by atoms with Crippen LogP contribution in [0.5, 0.6) is 0 Å². The Labute approximate surface area is 208 Å². The number of nitrogens with two attached hydrogens (primary N) is 2. The number of ether oxygens (including phenoxy) is 3. The first-order valence-corrected chi connectivity index (χ1v) is 12.1. The molecular weight excluding hydrogens is 449 g/mol. The van der Waals surface area contributed by atoms with Crippen molar-refractivity contribution in [1.82, 2.24) is 4.90 Å². The highest BCUT2D eigenvalue weighted by atomic mass is 19.1.